The molecule has 0 saturated carbocycles. The van der Waals surface area contributed by atoms with Gasteiger partial charge in [-0.1, -0.05) is 5.16 Å². The van der Waals surface area contributed by atoms with E-state index in [1.54, 1.807) is 12.1 Å². The van der Waals surface area contributed by atoms with Crippen LogP contribution < -0.4 is 19.9 Å². The highest BCUT2D eigenvalue weighted by molar-refractivity contribution is 7.99. The molecule has 2 aromatic rings. The number of carbonyl (C=O) groups excluding carboxylic acids is 1. The fourth-order valence-electron chi connectivity index (χ4n) is 4.94. The Kier molecular flexibility index (Phi) is 4.22. The monoisotopic (exact) mass is 432 g/mol. The van der Waals surface area contributed by atoms with Gasteiger partial charge in [-0.3, -0.25) is 4.90 Å². The van der Waals surface area contributed by atoms with Gasteiger partial charge in [0, 0.05) is 41.8 Å². The first-order chi connectivity index (χ1) is 14.7. The molecule has 158 valence electrons. The summed E-state index contributed by atoms with van der Waals surface area (Å²) in [5, 5.41) is 6.87. The first kappa shape index (κ1) is 18.2. The summed E-state index contributed by atoms with van der Waals surface area (Å²) in [6.45, 7) is 0.644. The topological polar surface area (TPSA) is 80.1 Å². The second-order valence-corrected chi connectivity index (χ2v) is 9.11. The first-order valence-corrected chi connectivity index (χ1v) is 11.3. The average molecular weight is 432 g/mol. The van der Waals surface area contributed by atoms with E-state index in [0.717, 1.165) is 24.3 Å². The van der Waals surface area contributed by atoms with E-state index in [2.05, 4.69) is 15.4 Å². The van der Waals surface area contributed by atoms with E-state index in [1.807, 2.05) is 11.8 Å². The molecule has 6 rings (SSSR count). The van der Waals surface area contributed by atoms with Crippen molar-refractivity contribution in [3.05, 3.63) is 30.3 Å². The van der Waals surface area contributed by atoms with Crippen LogP contribution in [-0.2, 0) is 4.74 Å². The fraction of sp³-hybridized carbons (Fsp3) is 0.500. The average Bonchev–Trinajstić information content (AvgIpc) is 3.43. The molecule has 1 aromatic carbocycles. The van der Waals surface area contributed by atoms with Crippen molar-refractivity contribution >= 4 is 35.0 Å². The van der Waals surface area contributed by atoms with Crippen LogP contribution in [0.2, 0.25) is 0 Å². The zero-order valence-electron chi connectivity index (χ0n) is 16.1. The zero-order valence-corrected chi connectivity index (χ0v) is 16.9. The van der Waals surface area contributed by atoms with Crippen LogP contribution in [0.3, 0.4) is 0 Å². The number of fused-ring (bicyclic) bond motifs is 5. The van der Waals surface area contributed by atoms with Gasteiger partial charge in [-0.15, -0.1) is 0 Å². The number of hydrogen-bond donors (Lipinski definition) is 1. The second-order valence-electron chi connectivity index (χ2n) is 8.04. The maximum absolute atomic E-state index is 15.2. The molecular formula is C20H21FN4O4S. The van der Waals surface area contributed by atoms with Gasteiger partial charge < -0.3 is 24.2 Å². The predicted molar refractivity (Wildman–Crippen MR) is 110 cm³/mol. The number of aromatic nitrogens is 1. The Morgan fingerprint density at radius 1 is 1.23 bits per heavy atom. The van der Waals surface area contributed by atoms with Gasteiger partial charge in [0.2, 0.25) is 0 Å². The summed E-state index contributed by atoms with van der Waals surface area (Å²) in [7, 11) is 0. The Morgan fingerprint density at radius 3 is 2.83 bits per heavy atom. The number of amides is 1. The third-order valence-corrected chi connectivity index (χ3v) is 7.59. The molecule has 2 bridgehead atoms. The molecular weight excluding hydrogens is 411 g/mol. The third-order valence-electron chi connectivity index (χ3n) is 6.35. The van der Waals surface area contributed by atoms with Crippen LogP contribution >= 0.6 is 11.8 Å². The molecule has 1 aromatic heterocycles. The van der Waals surface area contributed by atoms with Crippen molar-refractivity contribution in [1.29, 1.82) is 0 Å². The highest BCUT2D eigenvalue weighted by Crippen LogP contribution is 2.45. The summed E-state index contributed by atoms with van der Waals surface area (Å²) < 4.78 is 31.6. The molecule has 1 N–H and O–H groups in total. The van der Waals surface area contributed by atoms with Crippen molar-refractivity contribution in [2.75, 3.05) is 39.8 Å². The molecule has 0 spiro atoms. The van der Waals surface area contributed by atoms with Gasteiger partial charge in [-0.05, 0) is 12.8 Å². The minimum atomic E-state index is -0.488. The van der Waals surface area contributed by atoms with Crippen molar-refractivity contribution < 1.29 is 23.2 Å². The van der Waals surface area contributed by atoms with Crippen molar-refractivity contribution in [3.8, 4) is 5.75 Å². The van der Waals surface area contributed by atoms with Gasteiger partial charge in [0.15, 0.2) is 5.82 Å². The van der Waals surface area contributed by atoms with Crippen LogP contribution in [0, 0.1) is 5.82 Å². The molecule has 3 fully saturated rings. The number of rotatable bonds is 4. The number of hydrogen-bond acceptors (Lipinski definition) is 8. The Bertz CT molecular complexity index is 958. The number of nitrogens with zero attached hydrogens (tertiary/aromatic N) is 3. The molecule has 10 heteroatoms. The van der Waals surface area contributed by atoms with Crippen LogP contribution in [0.1, 0.15) is 12.8 Å². The van der Waals surface area contributed by atoms with Gasteiger partial charge in [0.05, 0.1) is 17.9 Å². The third kappa shape index (κ3) is 2.80. The largest absolute Gasteiger partial charge is 0.489 e. The number of benzene rings is 1. The zero-order chi connectivity index (χ0) is 20.2. The standard InChI is InChI=1S/C20H21FN4O4S/c21-13-5-15-17(6-14(13)24-11-1-2-12(24)10-30-9-11)27-8-16-18(29-20(26)25(15)16)7-22-19-3-4-28-23-19/h3-6,11-12,16,18H,1-2,7-10H2,(H,22,23)/t11-,12+,16-,18-/m0/s1. The summed E-state index contributed by atoms with van der Waals surface area (Å²) in [6.07, 6.45) is 2.71. The van der Waals surface area contributed by atoms with E-state index < -0.39 is 12.2 Å². The van der Waals surface area contributed by atoms with E-state index in [0.29, 0.717) is 41.6 Å². The van der Waals surface area contributed by atoms with E-state index >= 15 is 4.39 Å². The summed E-state index contributed by atoms with van der Waals surface area (Å²) in [5.74, 6) is 2.82. The van der Waals surface area contributed by atoms with Crippen molar-refractivity contribution in [1.82, 2.24) is 5.16 Å². The van der Waals surface area contributed by atoms with E-state index in [9.17, 15) is 4.79 Å². The second kappa shape index (κ2) is 6.97. The lowest BCUT2D eigenvalue weighted by atomic mass is 10.1. The number of nitrogens with one attached hydrogen (secondary N) is 1. The molecule has 0 unspecified atom stereocenters. The van der Waals surface area contributed by atoms with E-state index in [1.165, 1.54) is 17.2 Å². The molecule has 3 saturated heterocycles. The number of anilines is 3. The van der Waals surface area contributed by atoms with Gasteiger partial charge in [0.25, 0.3) is 0 Å². The predicted octanol–water partition coefficient (Wildman–Crippen LogP) is 3.10. The molecule has 0 radical (unpaired) electrons. The van der Waals surface area contributed by atoms with Crippen molar-refractivity contribution in [2.45, 2.75) is 37.1 Å². The Labute approximate surface area is 176 Å². The molecule has 4 aliphatic rings. The summed E-state index contributed by atoms with van der Waals surface area (Å²) in [6, 6.07) is 5.26. The van der Waals surface area contributed by atoms with Crippen molar-refractivity contribution in [2.24, 2.45) is 0 Å². The molecule has 5 heterocycles. The fourth-order valence-corrected chi connectivity index (χ4v) is 6.28. The molecule has 0 aliphatic carbocycles. The minimum Gasteiger partial charge on any atom is -0.489 e. The molecule has 4 aliphatic heterocycles. The van der Waals surface area contributed by atoms with Crippen LogP contribution in [0.25, 0.3) is 0 Å². The summed E-state index contributed by atoms with van der Waals surface area (Å²) >= 11 is 1.94. The van der Waals surface area contributed by atoms with Crippen LogP contribution in [0.4, 0.5) is 26.4 Å². The summed E-state index contributed by atoms with van der Waals surface area (Å²) in [5.41, 5.74) is 1.01. The normalized spacial score (nSPS) is 29.3. The molecule has 1 amide bonds. The number of thioether (sulfide) groups is 1. The number of carbonyl (C=O) groups is 1. The lowest BCUT2D eigenvalue weighted by Gasteiger charge is -2.38. The minimum absolute atomic E-state index is 0.289. The maximum Gasteiger partial charge on any atom is 0.415 e. The lowest BCUT2D eigenvalue weighted by Crippen LogP contribution is -2.47. The van der Waals surface area contributed by atoms with Crippen molar-refractivity contribution in [3.63, 3.8) is 0 Å². The lowest BCUT2D eigenvalue weighted by molar-refractivity contribution is 0.128. The highest BCUT2D eigenvalue weighted by Gasteiger charge is 2.47. The first-order valence-electron chi connectivity index (χ1n) is 10.2. The maximum atomic E-state index is 15.2. The van der Waals surface area contributed by atoms with Crippen LogP contribution in [0.15, 0.2) is 29.0 Å². The molecule has 8 nitrogen and oxygen atoms in total. The summed E-state index contributed by atoms with van der Waals surface area (Å²) in [4.78, 5) is 16.3. The molecule has 30 heavy (non-hydrogen) atoms. The Balaban J connectivity index is 1.27. The Morgan fingerprint density at radius 2 is 2.07 bits per heavy atom. The quantitative estimate of drug-likeness (QED) is 0.790. The number of cyclic esters (lactones) is 1. The molecule has 4 atom stereocenters. The van der Waals surface area contributed by atoms with Gasteiger partial charge in [0.1, 0.15) is 36.6 Å². The Hall–Kier alpha value is -2.62. The van der Waals surface area contributed by atoms with Gasteiger partial charge in [-0.25, -0.2) is 9.18 Å². The van der Waals surface area contributed by atoms with E-state index in [-0.39, 0.29) is 18.5 Å². The SMILES string of the molecule is O=C1O[C@@H](CNc2ccon2)[C@@H]2COc3cc(N4[C@@H]5CC[C@H]4CSC5)c(F)cc3N12. The van der Waals surface area contributed by atoms with E-state index in [4.69, 9.17) is 14.0 Å². The highest BCUT2D eigenvalue weighted by atomic mass is 32.2. The number of halogens is 1. The smallest absolute Gasteiger partial charge is 0.415 e. The van der Waals surface area contributed by atoms with Crippen LogP contribution in [0.5, 0.6) is 5.75 Å². The van der Waals surface area contributed by atoms with Gasteiger partial charge >= 0.3 is 6.09 Å². The van der Waals surface area contributed by atoms with Crippen LogP contribution in [-0.4, -0.2) is 60.1 Å². The van der Waals surface area contributed by atoms with Gasteiger partial charge in [-0.2, -0.15) is 11.8 Å². The number of ether oxygens (including phenoxy) is 2.